The van der Waals surface area contributed by atoms with Crippen LogP contribution >= 0.6 is 11.8 Å². The van der Waals surface area contributed by atoms with E-state index in [0.29, 0.717) is 16.7 Å². The third-order valence-electron chi connectivity index (χ3n) is 2.88. The summed E-state index contributed by atoms with van der Waals surface area (Å²) >= 11 is 1.41. The molecule has 0 unspecified atom stereocenters. The summed E-state index contributed by atoms with van der Waals surface area (Å²) in [4.78, 5) is 15.7. The summed E-state index contributed by atoms with van der Waals surface area (Å²) in [5, 5.41) is 4.79. The minimum absolute atomic E-state index is 0.0222. The van der Waals surface area contributed by atoms with Crippen molar-refractivity contribution in [2.24, 2.45) is 0 Å². The van der Waals surface area contributed by atoms with Crippen LogP contribution < -0.4 is 4.74 Å². The minimum atomic E-state index is -0.0222. The van der Waals surface area contributed by atoms with Gasteiger partial charge in [0.2, 0.25) is 0 Å². The highest BCUT2D eigenvalue weighted by atomic mass is 32.2. The van der Waals surface area contributed by atoms with Crippen LogP contribution in [-0.4, -0.2) is 26.4 Å². The van der Waals surface area contributed by atoms with Gasteiger partial charge in [0, 0.05) is 0 Å². The van der Waals surface area contributed by atoms with Crippen molar-refractivity contribution in [2.45, 2.75) is 25.1 Å². The zero-order valence-electron chi connectivity index (χ0n) is 10.5. The first-order valence-electron chi connectivity index (χ1n) is 6.10. The normalized spacial score (nSPS) is 13.6. The van der Waals surface area contributed by atoms with E-state index >= 15 is 0 Å². The van der Waals surface area contributed by atoms with E-state index < -0.39 is 0 Å². The van der Waals surface area contributed by atoms with Crippen molar-refractivity contribution < 1.29 is 9.53 Å². The van der Waals surface area contributed by atoms with Crippen molar-refractivity contribution in [3.8, 4) is 5.75 Å². The zero-order valence-corrected chi connectivity index (χ0v) is 11.3. The second kappa shape index (κ2) is 5.05. The van der Waals surface area contributed by atoms with Gasteiger partial charge in [0.1, 0.15) is 12.4 Å². The van der Waals surface area contributed by atoms with E-state index in [9.17, 15) is 4.79 Å². The number of ether oxygens (including phenoxy) is 1. The molecule has 0 saturated heterocycles. The van der Waals surface area contributed by atoms with E-state index in [1.807, 2.05) is 24.3 Å². The molecule has 0 aliphatic carbocycles. The van der Waals surface area contributed by atoms with Crippen LogP contribution in [0.4, 0.5) is 0 Å². The molecule has 2 aromatic rings. The van der Waals surface area contributed by atoms with Crippen LogP contribution in [0.3, 0.4) is 0 Å². The lowest BCUT2D eigenvalue weighted by Gasteiger charge is -2.04. The molecule has 0 spiro atoms. The molecule has 0 saturated carbocycles. The minimum Gasteiger partial charge on any atom is -0.486 e. The van der Waals surface area contributed by atoms with Gasteiger partial charge in [0.25, 0.3) is 5.91 Å². The lowest BCUT2D eigenvalue weighted by atomic mass is 10.2. The average molecular weight is 275 g/mol. The number of carbonyl (C=O) groups excluding carboxylic acids is 1. The smallest absolute Gasteiger partial charge is 0.259 e. The molecule has 5 nitrogen and oxygen atoms in total. The first kappa shape index (κ1) is 12.2. The van der Waals surface area contributed by atoms with Crippen LogP contribution in [0.25, 0.3) is 0 Å². The van der Waals surface area contributed by atoms with Crippen molar-refractivity contribution in [1.29, 1.82) is 0 Å². The van der Waals surface area contributed by atoms with Crippen LogP contribution in [-0.2, 0) is 13.0 Å². The number of aromatic nitrogens is 3. The van der Waals surface area contributed by atoms with Crippen LogP contribution in [0, 0.1) is 0 Å². The Labute approximate surface area is 115 Å². The number of benzene rings is 1. The Morgan fingerprint density at radius 1 is 1.37 bits per heavy atom. The lowest BCUT2D eigenvalue weighted by Crippen LogP contribution is -2.09. The number of nitrogens with zero attached hydrogens (tertiary/aromatic N) is 3. The molecule has 0 amide bonds. The summed E-state index contributed by atoms with van der Waals surface area (Å²) in [7, 11) is 0. The highest BCUT2D eigenvalue weighted by molar-refractivity contribution is 8.00. The molecular formula is C13H13N3O2S. The Morgan fingerprint density at radius 3 is 2.84 bits per heavy atom. The van der Waals surface area contributed by atoms with E-state index in [-0.39, 0.29) is 12.5 Å². The van der Waals surface area contributed by atoms with Gasteiger partial charge in [0.15, 0.2) is 11.0 Å². The van der Waals surface area contributed by atoms with Gasteiger partial charge < -0.3 is 4.74 Å². The fraction of sp³-hybridized carbons (Fsp3) is 0.308. The zero-order chi connectivity index (χ0) is 13.2. The molecule has 1 aromatic carbocycles. The fourth-order valence-electron chi connectivity index (χ4n) is 1.81. The quantitative estimate of drug-likeness (QED) is 0.856. The van der Waals surface area contributed by atoms with Gasteiger partial charge in [-0.2, -0.15) is 4.68 Å². The van der Waals surface area contributed by atoms with Crippen molar-refractivity contribution in [1.82, 2.24) is 14.8 Å². The number of hydrogen-bond donors (Lipinski definition) is 0. The predicted octanol–water partition coefficient (Wildman–Crippen LogP) is 2.17. The molecule has 3 rings (SSSR count). The molecule has 0 radical (unpaired) electrons. The van der Waals surface area contributed by atoms with Gasteiger partial charge in [0.05, 0.1) is 5.75 Å². The molecule has 1 aliphatic heterocycles. The summed E-state index contributed by atoms with van der Waals surface area (Å²) in [6.07, 6.45) is 1.01. The Hall–Kier alpha value is -1.82. The van der Waals surface area contributed by atoms with E-state index in [2.05, 4.69) is 17.0 Å². The van der Waals surface area contributed by atoms with Crippen LogP contribution in [0.1, 0.15) is 23.1 Å². The fourth-order valence-corrected chi connectivity index (χ4v) is 2.62. The molecule has 98 valence electrons. The molecule has 1 aliphatic rings. The molecule has 0 bridgehead atoms. The highest BCUT2D eigenvalue weighted by Gasteiger charge is 2.23. The summed E-state index contributed by atoms with van der Waals surface area (Å²) in [6, 6.07) is 7.94. The number of thioether (sulfide) groups is 1. The van der Waals surface area contributed by atoms with Crippen LogP contribution in [0.15, 0.2) is 29.4 Å². The van der Waals surface area contributed by atoms with Gasteiger partial charge in [-0.1, -0.05) is 30.8 Å². The Bertz CT molecular complexity index is 607. The number of fused-ring (bicyclic) bond motifs is 1. The molecule has 2 heterocycles. The topological polar surface area (TPSA) is 57.0 Å². The van der Waals surface area contributed by atoms with Gasteiger partial charge in [-0.3, -0.25) is 4.79 Å². The largest absolute Gasteiger partial charge is 0.486 e. The van der Waals surface area contributed by atoms with Crippen molar-refractivity contribution in [3.63, 3.8) is 0 Å². The van der Waals surface area contributed by atoms with E-state index in [4.69, 9.17) is 4.74 Å². The summed E-state index contributed by atoms with van der Waals surface area (Å²) in [5.41, 5.74) is 1.27. The number of rotatable bonds is 4. The van der Waals surface area contributed by atoms with Gasteiger partial charge >= 0.3 is 0 Å². The first-order chi connectivity index (χ1) is 9.26. The lowest BCUT2D eigenvalue weighted by molar-refractivity contribution is 0.0922. The second-order valence-corrected chi connectivity index (χ2v) is 5.13. The molecule has 6 heteroatoms. The van der Waals surface area contributed by atoms with Crippen LogP contribution in [0.5, 0.6) is 5.75 Å². The highest BCUT2D eigenvalue weighted by Crippen LogP contribution is 2.23. The van der Waals surface area contributed by atoms with Crippen molar-refractivity contribution in [2.75, 3.05) is 5.75 Å². The maximum absolute atomic E-state index is 11.4. The van der Waals surface area contributed by atoms with Gasteiger partial charge in [-0.25, -0.2) is 4.98 Å². The van der Waals surface area contributed by atoms with E-state index in [1.165, 1.54) is 22.0 Å². The molecule has 19 heavy (non-hydrogen) atoms. The molecule has 0 atom stereocenters. The standard InChI is InChI=1S/C13H13N3O2S/c1-2-9-3-5-10(6-4-9)18-7-11-14-13-16(15-11)12(17)8-19-13/h3-6H,2,7-8H2,1H3. The summed E-state index contributed by atoms with van der Waals surface area (Å²) in [5.74, 6) is 1.72. The summed E-state index contributed by atoms with van der Waals surface area (Å²) in [6.45, 7) is 2.39. The third-order valence-corrected chi connectivity index (χ3v) is 3.80. The number of hydrogen-bond acceptors (Lipinski definition) is 5. The monoisotopic (exact) mass is 275 g/mol. The SMILES string of the molecule is CCc1ccc(OCc2nc3n(n2)C(=O)CS3)cc1. The number of aryl methyl sites for hydroxylation is 1. The molecule has 0 N–H and O–H groups in total. The Balaban J connectivity index is 1.65. The van der Waals surface area contributed by atoms with Gasteiger partial charge in [-0.15, -0.1) is 5.10 Å². The predicted molar refractivity (Wildman–Crippen MR) is 71.5 cm³/mol. The van der Waals surface area contributed by atoms with E-state index in [1.54, 1.807) is 0 Å². The first-order valence-corrected chi connectivity index (χ1v) is 7.08. The summed E-state index contributed by atoms with van der Waals surface area (Å²) < 4.78 is 6.96. The maximum atomic E-state index is 11.4. The van der Waals surface area contributed by atoms with E-state index in [0.717, 1.165) is 12.2 Å². The molecule has 0 fully saturated rings. The Morgan fingerprint density at radius 2 is 2.16 bits per heavy atom. The van der Waals surface area contributed by atoms with Crippen LogP contribution in [0.2, 0.25) is 0 Å². The van der Waals surface area contributed by atoms with Gasteiger partial charge in [-0.05, 0) is 24.1 Å². The molecule has 1 aromatic heterocycles. The average Bonchev–Trinajstić information content (AvgIpc) is 2.99. The maximum Gasteiger partial charge on any atom is 0.259 e. The Kier molecular flexibility index (Phi) is 3.25. The second-order valence-electron chi connectivity index (χ2n) is 4.19. The molecular weight excluding hydrogens is 262 g/mol. The third kappa shape index (κ3) is 2.49. The van der Waals surface area contributed by atoms with Crippen molar-refractivity contribution >= 4 is 17.7 Å². The number of carbonyl (C=O) groups is 1. The van der Waals surface area contributed by atoms with Crippen molar-refractivity contribution in [3.05, 3.63) is 35.7 Å².